The molecule has 0 fully saturated rings. The zero-order valence-corrected chi connectivity index (χ0v) is 18.7. The molecule has 4 rings (SSSR count). The van der Waals surface area contributed by atoms with Gasteiger partial charge in [-0.15, -0.1) is 10.2 Å². The van der Waals surface area contributed by atoms with E-state index in [1.807, 2.05) is 41.0 Å². The van der Waals surface area contributed by atoms with Crippen molar-refractivity contribution in [2.75, 3.05) is 12.3 Å². The van der Waals surface area contributed by atoms with E-state index < -0.39 is 18.6 Å². The maximum Gasteiger partial charge on any atom is 0.406 e. The summed E-state index contributed by atoms with van der Waals surface area (Å²) in [4.78, 5) is 17.6. The van der Waals surface area contributed by atoms with Crippen molar-refractivity contribution in [1.82, 2.24) is 24.6 Å². The van der Waals surface area contributed by atoms with E-state index in [4.69, 9.17) is 4.42 Å². The van der Waals surface area contributed by atoms with Crippen LogP contribution in [-0.4, -0.2) is 49.0 Å². The lowest BCUT2D eigenvalue weighted by Crippen LogP contribution is -2.39. The highest BCUT2D eigenvalue weighted by molar-refractivity contribution is 7.99. The number of benzene rings is 1. The summed E-state index contributed by atoms with van der Waals surface area (Å²) in [6.45, 7) is -1.22. The quantitative estimate of drug-likeness (QED) is 0.320. The highest BCUT2D eigenvalue weighted by Gasteiger charge is 2.33. The van der Waals surface area contributed by atoms with Crippen LogP contribution in [0, 0.1) is 0 Å². The van der Waals surface area contributed by atoms with Crippen LogP contribution in [0.3, 0.4) is 0 Å². The van der Waals surface area contributed by atoms with Crippen LogP contribution < -0.4 is 0 Å². The Kier molecular flexibility index (Phi) is 7.31. The van der Waals surface area contributed by atoms with Crippen LogP contribution in [0.15, 0.2) is 82.8 Å². The van der Waals surface area contributed by atoms with E-state index in [0.717, 1.165) is 27.8 Å². The first-order valence-corrected chi connectivity index (χ1v) is 11.2. The van der Waals surface area contributed by atoms with Crippen molar-refractivity contribution in [1.29, 1.82) is 0 Å². The average Bonchev–Trinajstić information content (AvgIpc) is 3.47. The molecule has 0 spiro atoms. The van der Waals surface area contributed by atoms with Gasteiger partial charge in [0.15, 0.2) is 11.0 Å². The van der Waals surface area contributed by atoms with Crippen molar-refractivity contribution < 1.29 is 22.4 Å². The first kappa shape index (κ1) is 23.6. The first-order chi connectivity index (χ1) is 16.4. The van der Waals surface area contributed by atoms with E-state index in [2.05, 4.69) is 15.2 Å². The molecule has 176 valence electrons. The average molecular weight is 488 g/mol. The van der Waals surface area contributed by atoms with E-state index in [1.54, 1.807) is 24.5 Å². The largest absolute Gasteiger partial charge is 0.467 e. The highest BCUT2D eigenvalue weighted by Crippen LogP contribution is 2.26. The van der Waals surface area contributed by atoms with Crippen LogP contribution in [-0.2, 0) is 17.9 Å². The fraction of sp³-hybridized carbons (Fsp3) is 0.217. The van der Waals surface area contributed by atoms with Gasteiger partial charge in [-0.25, -0.2) is 0 Å². The number of furan rings is 1. The second-order valence-electron chi connectivity index (χ2n) is 7.35. The summed E-state index contributed by atoms with van der Waals surface area (Å²) < 4.78 is 46.2. The van der Waals surface area contributed by atoms with Crippen LogP contribution >= 0.6 is 11.8 Å². The number of halogens is 3. The van der Waals surface area contributed by atoms with Gasteiger partial charge in [0.1, 0.15) is 12.3 Å². The number of nitrogens with zero attached hydrogens (tertiary/aromatic N) is 5. The highest BCUT2D eigenvalue weighted by atomic mass is 32.2. The number of alkyl halides is 3. The minimum absolute atomic E-state index is 0.239. The molecule has 7 nitrogen and oxygen atoms in total. The van der Waals surface area contributed by atoms with Crippen LogP contribution in [0.4, 0.5) is 13.2 Å². The molecule has 1 amide bonds. The van der Waals surface area contributed by atoms with Gasteiger partial charge in [-0.3, -0.25) is 14.3 Å². The number of carbonyl (C=O) groups excluding carboxylic acids is 1. The molecule has 3 heterocycles. The molecule has 0 aliphatic carbocycles. The number of carbonyl (C=O) groups is 1. The summed E-state index contributed by atoms with van der Waals surface area (Å²) in [5.41, 5.74) is 1.72. The fourth-order valence-corrected chi connectivity index (χ4v) is 4.11. The molecule has 0 bridgehead atoms. The van der Waals surface area contributed by atoms with Gasteiger partial charge in [-0.2, -0.15) is 13.2 Å². The van der Waals surface area contributed by atoms with E-state index >= 15 is 0 Å². The molecule has 0 saturated carbocycles. The van der Waals surface area contributed by atoms with E-state index in [1.165, 1.54) is 12.3 Å². The van der Waals surface area contributed by atoms with Gasteiger partial charge in [0.2, 0.25) is 5.91 Å². The van der Waals surface area contributed by atoms with Crippen molar-refractivity contribution in [3.63, 3.8) is 0 Å². The monoisotopic (exact) mass is 487 g/mol. The van der Waals surface area contributed by atoms with Crippen LogP contribution in [0.5, 0.6) is 0 Å². The lowest BCUT2D eigenvalue weighted by molar-refractivity contribution is -0.161. The Morgan fingerprint density at radius 1 is 1.06 bits per heavy atom. The normalized spacial score (nSPS) is 11.5. The molecule has 0 atom stereocenters. The van der Waals surface area contributed by atoms with Crippen molar-refractivity contribution in [2.24, 2.45) is 0 Å². The molecule has 0 aliphatic rings. The molecular formula is C23H20F3N5O2S. The van der Waals surface area contributed by atoms with Crippen LogP contribution in [0.2, 0.25) is 0 Å². The molecule has 1 aromatic carbocycles. The number of amides is 1. The Balaban J connectivity index is 1.55. The standard InChI is InChI=1S/C23H20F3N5O2S/c24-23(25,26)16-30(14-19-9-5-11-33-19)20(32)15-34-22-29-28-21(18-8-4-10-27-12-18)31(22)13-17-6-2-1-3-7-17/h1-12H,13-16H2. The third-order valence-electron chi connectivity index (χ3n) is 4.79. The van der Waals surface area contributed by atoms with E-state index in [-0.39, 0.29) is 18.1 Å². The molecule has 0 N–H and O–H groups in total. The van der Waals surface area contributed by atoms with Gasteiger partial charge >= 0.3 is 6.18 Å². The molecule has 4 aromatic rings. The van der Waals surface area contributed by atoms with Crippen molar-refractivity contribution in [3.8, 4) is 11.4 Å². The minimum atomic E-state index is -4.53. The lowest BCUT2D eigenvalue weighted by atomic mass is 10.2. The SMILES string of the molecule is O=C(CSc1nnc(-c2cccnc2)n1Cc1ccccc1)N(Cc1ccco1)CC(F)(F)F. The van der Waals surface area contributed by atoms with Crippen LogP contribution in [0.25, 0.3) is 11.4 Å². The second kappa shape index (κ2) is 10.6. The molecule has 0 radical (unpaired) electrons. The second-order valence-corrected chi connectivity index (χ2v) is 8.30. The minimum Gasteiger partial charge on any atom is -0.467 e. The van der Waals surface area contributed by atoms with Gasteiger partial charge < -0.3 is 9.32 Å². The number of pyridine rings is 1. The number of thioether (sulfide) groups is 1. The van der Waals surface area contributed by atoms with Crippen LogP contribution in [0.1, 0.15) is 11.3 Å². The third-order valence-corrected chi connectivity index (χ3v) is 5.75. The summed E-state index contributed by atoms with van der Waals surface area (Å²) in [5.74, 6) is -0.101. The Hall–Kier alpha value is -3.60. The predicted molar refractivity (Wildman–Crippen MR) is 120 cm³/mol. The van der Waals surface area contributed by atoms with Gasteiger partial charge in [0.25, 0.3) is 0 Å². The van der Waals surface area contributed by atoms with E-state index in [0.29, 0.717) is 17.5 Å². The van der Waals surface area contributed by atoms with Crippen molar-refractivity contribution in [3.05, 3.63) is 84.6 Å². The van der Waals surface area contributed by atoms with Crippen molar-refractivity contribution >= 4 is 17.7 Å². The molecule has 0 saturated heterocycles. The fourth-order valence-electron chi connectivity index (χ4n) is 3.27. The van der Waals surface area contributed by atoms with Gasteiger partial charge in [-0.1, -0.05) is 42.1 Å². The lowest BCUT2D eigenvalue weighted by Gasteiger charge is -2.23. The molecule has 11 heteroatoms. The summed E-state index contributed by atoms with van der Waals surface area (Å²) in [6, 6.07) is 16.3. The summed E-state index contributed by atoms with van der Waals surface area (Å²) in [7, 11) is 0. The Bertz CT molecular complexity index is 1200. The van der Waals surface area contributed by atoms with Gasteiger partial charge in [-0.05, 0) is 29.8 Å². The zero-order chi connectivity index (χ0) is 24.0. The Morgan fingerprint density at radius 2 is 1.88 bits per heavy atom. The number of hydrogen-bond donors (Lipinski definition) is 0. The molecule has 0 aliphatic heterocycles. The number of aromatic nitrogens is 4. The molecular weight excluding hydrogens is 467 g/mol. The maximum atomic E-state index is 13.1. The number of hydrogen-bond acceptors (Lipinski definition) is 6. The zero-order valence-electron chi connectivity index (χ0n) is 17.9. The Labute approximate surface area is 197 Å². The van der Waals surface area contributed by atoms with Crippen molar-refractivity contribution in [2.45, 2.75) is 24.4 Å². The topological polar surface area (TPSA) is 77.1 Å². The number of rotatable bonds is 9. The van der Waals surface area contributed by atoms with E-state index in [9.17, 15) is 18.0 Å². The molecule has 0 unspecified atom stereocenters. The predicted octanol–water partition coefficient (Wildman–Crippen LogP) is 4.66. The summed E-state index contributed by atoms with van der Waals surface area (Å²) in [5, 5.41) is 8.88. The van der Waals surface area contributed by atoms with Gasteiger partial charge in [0, 0.05) is 18.0 Å². The summed E-state index contributed by atoms with van der Waals surface area (Å²) >= 11 is 1.04. The third kappa shape index (κ3) is 6.25. The summed E-state index contributed by atoms with van der Waals surface area (Å²) in [6.07, 6.45) is 0.115. The Morgan fingerprint density at radius 3 is 2.56 bits per heavy atom. The smallest absolute Gasteiger partial charge is 0.406 e. The first-order valence-electron chi connectivity index (χ1n) is 10.3. The molecule has 3 aromatic heterocycles. The molecule has 34 heavy (non-hydrogen) atoms. The van der Waals surface area contributed by atoms with Gasteiger partial charge in [0.05, 0.1) is 25.1 Å². The maximum absolute atomic E-state index is 13.1.